The number of carbonyl (C=O) groups excluding carboxylic acids is 3. The quantitative estimate of drug-likeness (QED) is 0.245. The van der Waals surface area contributed by atoms with E-state index in [-0.39, 0.29) is 11.4 Å². The number of nitrogens with one attached hydrogen (secondary N) is 1. The largest absolute Gasteiger partial charge is 0.497 e. The Kier molecular flexibility index (Phi) is 7.06. The van der Waals surface area contributed by atoms with E-state index in [1.54, 1.807) is 42.5 Å². The lowest BCUT2D eigenvalue weighted by Crippen LogP contribution is -2.33. The van der Waals surface area contributed by atoms with Crippen LogP contribution in [0.2, 0.25) is 0 Å². The number of thiazole rings is 1. The molecule has 0 aliphatic carbocycles. The molecule has 3 heterocycles. The highest BCUT2D eigenvalue weighted by molar-refractivity contribution is 8.00. The zero-order chi connectivity index (χ0) is 30.5. The van der Waals surface area contributed by atoms with Crippen LogP contribution in [0.4, 0.5) is 15.8 Å². The third kappa shape index (κ3) is 4.68. The number of fused-ring (bicyclic) bond motifs is 3. The van der Waals surface area contributed by atoms with Crippen molar-refractivity contribution in [3.63, 3.8) is 0 Å². The van der Waals surface area contributed by atoms with E-state index >= 15 is 0 Å². The van der Waals surface area contributed by atoms with Crippen molar-refractivity contribution in [2.45, 2.75) is 22.7 Å². The first-order valence-corrected chi connectivity index (χ1v) is 15.5. The molecule has 44 heavy (non-hydrogen) atoms. The minimum atomic E-state index is -0.853. The molecule has 3 atom stereocenters. The third-order valence-electron chi connectivity index (χ3n) is 7.97. The Balaban J connectivity index is 1.27. The molecule has 220 valence electrons. The maximum atomic E-state index is 14.0. The van der Waals surface area contributed by atoms with Crippen molar-refractivity contribution in [1.29, 1.82) is 0 Å². The number of ether oxygens (including phenoxy) is 1. The maximum Gasteiger partial charge on any atom is 0.308 e. The summed E-state index contributed by atoms with van der Waals surface area (Å²) in [5, 5.41) is 4.36. The second kappa shape index (κ2) is 11.1. The fourth-order valence-corrected chi connectivity index (χ4v) is 8.71. The number of rotatable bonds is 6. The zero-order valence-electron chi connectivity index (χ0n) is 23.2. The normalized spacial score (nSPS) is 19.1. The highest BCUT2D eigenvalue weighted by atomic mass is 32.2. The van der Waals surface area contributed by atoms with E-state index in [0.29, 0.717) is 32.6 Å². The van der Waals surface area contributed by atoms with Gasteiger partial charge in [-0.2, -0.15) is 0 Å². The minimum absolute atomic E-state index is 0.279. The molecule has 1 fully saturated rings. The Morgan fingerprint density at radius 3 is 2.39 bits per heavy atom. The van der Waals surface area contributed by atoms with Crippen LogP contribution in [0.15, 0.2) is 101 Å². The molecule has 4 aromatic carbocycles. The summed E-state index contributed by atoms with van der Waals surface area (Å²) in [7, 11) is 1.53. The van der Waals surface area contributed by atoms with Gasteiger partial charge in [-0.15, -0.1) is 0 Å². The Morgan fingerprint density at radius 2 is 1.64 bits per heavy atom. The van der Waals surface area contributed by atoms with Crippen molar-refractivity contribution in [3.8, 4) is 5.75 Å². The molecule has 11 heteroatoms. The zero-order valence-corrected chi connectivity index (χ0v) is 24.9. The highest BCUT2D eigenvalue weighted by Gasteiger charge is 2.56. The molecule has 3 amide bonds. The number of nitrogens with zero attached hydrogens (tertiary/aromatic N) is 2. The molecule has 7 rings (SSSR count). The van der Waals surface area contributed by atoms with Crippen LogP contribution in [-0.4, -0.2) is 34.6 Å². The monoisotopic (exact) mass is 625 g/mol. The molecule has 8 nitrogen and oxygen atoms in total. The fraction of sp³-hybridized carbons (Fsp3) is 0.152. The van der Waals surface area contributed by atoms with Crippen molar-refractivity contribution < 1.29 is 23.5 Å². The predicted octanol–water partition coefficient (Wildman–Crippen LogP) is 5.65. The Labute approximate surface area is 259 Å². The number of hydrogen-bond donors (Lipinski definition) is 1. The van der Waals surface area contributed by atoms with Gasteiger partial charge >= 0.3 is 4.87 Å². The summed E-state index contributed by atoms with van der Waals surface area (Å²) >= 11 is 2.07. The Hall–Kier alpha value is -4.74. The number of anilines is 2. The number of amides is 3. The number of aromatic nitrogens is 1. The van der Waals surface area contributed by atoms with Crippen LogP contribution in [0.1, 0.15) is 16.4 Å². The number of halogens is 1. The Bertz CT molecular complexity index is 2000. The summed E-state index contributed by atoms with van der Waals surface area (Å²) in [5.74, 6) is -2.60. The van der Waals surface area contributed by atoms with E-state index in [9.17, 15) is 23.6 Å². The Morgan fingerprint density at radius 1 is 0.909 bits per heavy atom. The molecule has 0 bridgehead atoms. The van der Waals surface area contributed by atoms with Gasteiger partial charge in [-0.1, -0.05) is 71.6 Å². The molecular formula is C33H24FN3O5S2. The van der Waals surface area contributed by atoms with Gasteiger partial charge in [0.2, 0.25) is 17.7 Å². The summed E-state index contributed by atoms with van der Waals surface area (Å²) in [6.07, 6.45) is 0. The molecule has 1 N–H and O–H groups in total. The summed E-state index contributed by atoms with van der Waals surface area (Å²) in [6.45, 7) is -0.279. The first kappa shape index (κ1) is 28.1. The molecule has 0 unspecified atom stereocenters. The molecule has 2 aliphatic heterocycles. The van der Waals surface area contributed by atoms with E-state index in [4.69, 9.17) is 4.74 Å². The van der Waals surface area contributed by atoms with Gasteiger partial charge < -0.3 is 10.1 Å². The lowest BCUT2D eigenvalue weighted by Gasteiger charge is -2.30. The predicted molar refractivity (Wildman–Crippen MR) is 168 cm³/mol. The minimum Gasteiger partial charge on any atom is -0.497 e. The van der Waals surface area contributed by atoms with Crippen LogP contribution >= 0.6 is 23.1 Å². The van der Waals surface area contributed by atoms with Crippen LogP contribution in [-0.2, 0) is 20.9 Å². The topological polar surface area (TPSA) is 97.7 Å². The number of imide groups is 1. The first-order chi connectivity index (χ1) is 21.3. The molecule has 2 aliphatic rings. The van der Waals surface area contributed by atoms with Crippen LogP contribution < -0.4 is 19.8 Å². The smallest absolute Gasteiger partial charge is 0.308 e. The van der Waals surface area contributed by atoms with Gasteiger partial charge in [-0.05, 0) is 53.4 Å². The van der Waals surface area contributed by atoms with E-state index in [2.05, 4.69) is 5.32 Å². The summed E-state index contributed by atoms with van der Waals surface area (Å²) in [4.78, 5) is 56.0. The average Bonchev–Trinajstić information content (AvgIpc) is 3.48. The molecular weight excluding hydrogens is 602 g/mol. The van der Waals surface area contributed by atoms with Gasteiger partial charge in [-0.3, -0.25) is 23.7 Å². The third-order valence-corrected chi connectivity index (χ3v) is 10.6. The molecule has 1 saturated heterocycles. The van der Waals surface area contributed by atoms with E-state index in [1.165, 1.54) is 28.7 Å². The second-order valence-corrected chi connectivity index (χ2v) is 12.6. The van der Waals surface area contributed by atoms with Gasteiger partial charge in [0.05, 0.1) is 23.7 Å². The number of thioether (sulfide) groups is 1. The van der Waals surface area contributed by atoms with E-state index in [1.807, 2.05) is 36.4 Å². The van der Waals surface area contributed by atoms with E-state index < -0.39 is 40.6 Å². The van der Waals surface area contributed by atoms with Gasteiger partial charge in [0, 0.05) is 21.9 Å². The molecule has 5 aromatic rings. The highest BCUT2D eigenvalue weighted by Crippen LogP contribution is 2.54. The van der Waals surface area contributed by atoms with Gasteiger partial charge in [-0.25, -0.2) is 9.29 Å². The molecule has 0 spiro atoms. The second-order valence-electron chi connectivity index (χ2n) is 10.5. The lowest BCUT2D eigenvalue weighted by molar-refractivity contribution is -0.122. The van der Waals surface area contributed by atoms with E-state index in [0.717, 1.165) is 33.9 Å². The molecule has 0 radical (unpaired) electrons. The summed E-state index contributed by atoms with van der Waals surface area (Å²) in [5.41, 5.74) is 1.63. The number of hydrogen-bond acceptors (Lipinski definition) is 7. The van der Waals surface area contributed by atoms with Gasteiger partial charge in [0.25, 0.3) is 0 Å². The van der Waals surface area contributed by atoms with Crippen LogP contribution in [0.5, 0.6) is 5.75 Å². The van der Waals surface area contributed by atoms with Gasteiger partial charge in [0.15, 0.2) is 0 Å². The maximum absolute atomic E-state index is 14.0. The van der Waals surface area contributed by atoms with Crippen LogP contribution in [0.25, 0.3) is 10.8 Å². The summed E-state index contributed by atoms with van der Waals surface area (Å²) < 4.78 is 20.5. The van der Waals surface area contributed by atoms with Crippen molar-refractivity contribution in [2.75, 3.05) is 17.3 Å². The van der Waals surface area contributed by atoms with Crippen molar-refractivity contribution in [2.24, 2.45) is 5.92 Å². The van der Waals surface area contributed by atoms with Crippen molar-refractivity contribution in [3.05, 3.63) is 117 Å². The van der Waals surface area contributed by atoms with Crippen molar-refractivity contribution >= 4 is 63.0 Å². The SMILES string of the molecule is COc1ccc(N2C(=O)[C@H]3[C@H](c4ccc(F)cc4)c4sc(=O)n(CC(=O)Nc5cccc6ccccc56)c4S[C@H]3C2=O)cc1. The fourth-order valence-electron chi connectivity index (χ4n) is 5.94. The van der Waals surface area contributed by atoms with Crippen LogP contribution in [0.3, 0.4) is 0 Å². The number of benzene rings is 4. The average molecular weight is 626 g/mol. The summed E-state index contributed by atoms with van der Waals surface area (Å²) in [6, 6.07) is 25.6. The number of methoxy groups -OCH3 is 1. The first-order valence-electron chi connectivity index (χ1n) is 13.8. The van der Waals surface area contributed by atoms with Gasteiger partial charge in [0.1, 0.15) is 23.4 Å². The standard InChI is InChI=1S/C33H24FN3O5S2/c1-42-22-15-13-21(14-16-22)37-30(39)27-26(19-9-11-20(34)12-10-19)29-32(43-28(27)31(37)40)36(33(41)44-29)17-25(38)35-24-8-4-6-18-5-2-3-7-23(18)24/h2-16,26-28H,17H2,1H3,(H,35,38)/t26-,27-,28+/m0/s1. The van der Waals surface area contributed by atoms with Crippen LogP contribution in [0, 0.1) is 11.7 Å². The molecule has 0 saturated carbocycles. The molecule has 1 aromatic heterocycles. The number of carbonyl (C=O) groups is 3. The van der Waals surface area contributed by atoms with Crippen molar-refractivity contribution in [1.82, 2.24) is 4.57 Å². The lowest BCUT2D eigenvalue weighted by atomic mass is 9.83.